The fourth-order valence-corrected chi connectivity index (χ4v) is 3.29. The highest BCUT2D eigenvalue weighted by Crippen LogP contribution is 2.40. The zero-order chi connectivity index (χ0) is 16.8. The normalized spacial score (nSPS) is 17.0. The van der Waals surface area contributed by atoms with Crippen LogP contribution in [0.3, 0.4) is 0 Å². The quantitative estimate of drug-likeness (QED) is 0.810. The Morgan fingerprint density at radius 2 is 2.04 bits per heavy atom. The second kappa shape index (κ2) is 8.15. The van der Waals surface area contributed by atoms with Crippen LogP contribution in [0.4, 0.5) is 0 Å². The van der Waals surface area contributed by atoms with Crippen molar-refractivity contribution >= 4 is 5.97 Å². The van der Waals surface area contributed by atoms with Gasteiger partial charge in [0, 0.05) is 19.1 Å². The summed E-state index contributed by atoms with van der Waals surface area (Å²) in [6.07, 6.45) is 5.30. The van der Waals surface area contributed by atoms with Crippen LogP contribution < -0.4 is 5.43 Å². The van der Waals surface area contributed by atoms with Crippen LogP contribution in [0.5, 0.6) is 5.75 Å². The van der Waals surface area contributed by atoms with E-state index in [0.29, 0.717) is 5.76 Å². The van der Waals surface area contributed by atoms with Crippen LogP contribution >= 0.6 is 0 Å². The first kappa shape index (κ1) is 17.5. The van der Waals surface area contributed by atoms with Crippen LogP contribution in [0, 0.1) is 5.92 Å². The summed E-state index contributed by atoms with van der Waals surface area (Å²) in [5, 5.41) is 10.2. The largest absolute Gasteiger partial charge is 0.502 e. The van der Waals surface area contributed by atoms with Crippen molar-refractivity contribution in [3.63, 3.8) is 0 Å². The predicted octanol–water partition coefficient (Wildman–Crippen LogP) is 2.72. The summed E-state index contributed by atoms with van der Waals surface area (Å²) in [6, 6.07) is 1.22. The average Bonchev–Trinajstić information content (AvgIpc) is 2.57. The maximum absolute atomic E-state index is 12.0. The number of methoxy groups -OCH3 is 2. The zero-order valence-electron chi connectivity index (χ0n) is 13.7. The molecule has 1 fully saturated rings. The van der Waals surface area contributed by atoms with E-state index in [1.165, 1.54) is 26.7 Å². The molecule has 1 N–H and O–H groups in total. The number of hydrogen-bond acceptors (Lipinski definition) is 6. The van der Waals surface area contributed by atoms with Gasteiger partial charge in [0.1, 0.15) is 12.4 Å². The minimum Gasteiger partial charge on any atom is -0.502 e. The molecule has 1 unspecified atom stereocenters. The van der Waals surface area contributed by atoms with Crippen LogP contribution in [-0.4, -0.2) is 25.3 Å². The molecular weight excluding hydrogens is 300 g/mol. The fourth-order valence-electron chi connectivity index (χ4n) is 3.29. The van der Waals surface area contributed by atoms with E-state index in [2.05, 4.69) is 0 Å². The summed E-state index contributed by atoms with van der Waals surface area (Å²) >= 11 is 0. The summed E-state index contributed by atoms with van der Waals surface area (Å²) < 4.78 is 15.5. The number of carbonyl (C=O) groups is 1. The molecule has 0 radical (unpaired) electrons. The maximum atomic E-state index is 12.0. The van der Waals surface area contributed by atoms with Gasteiger partial charge in [-0.05, 0) is 18.8 Å². The first-order chi connectivity index (χ1) is 11.1. The van der Waals surface area contributed by atoms with Gasteiger partial charge in [-0.1, -0.05) is 19.3 Å². The van der Waals surface area contributed by atoms with Gasteiger partial charge in [-0.2, -0.15) is 0 Å². The summed E-state index contributed by atoms with van der Waals surface area (Å²) in [7, 11) is 2.83. The van der Waals surface area contributed by atoms with E-state index in [-0.39, 0.29) is 36.6 Å². The number of rotatable bonds is 6. The molecule has 6 heteroatoms. The van der Waals surface area contributed by atoms with Crippen molar-refractivity contribution in [3.05, 3.63) is 27.8 Å². The van der Waals surface area contributed by atoms with Crippen molar-refractivity contribution in [1.82, 2.24) is 0 Å². The van der Waals surface area contributed by atoms with Gasteiger partial charge in [-0.3, -0.25) is 9.59 Å². The highest BCUT2D eigenvalue weighted by molar-refractivity contribution is 5.70. The van der Waals surface area contributed by atoms with Crippen LogP contribution in [0.25, 0.3) is 0 Å². The summed E-state index contributed by atoms with van der Waals surface area (Å²) in [5.74, 6) is -0.427. The topological polar surface area (TPSA) is 86.0 Å². The molecule has 1 saturated carbocycles. The molecule has 1 aromatic heterocycles. The first-order valence-corrected chi connectivity index (χ1v) is 7.98. The Balaban J connectivity index is 2.40. The summed E-state index contributed by atoms with van der Waals surface area (Å²) in [4.78, 5) is 23.8. The SMILES string of the molecule is COCc1cc(=O)c(O)c(C(CC(=O)OC)C2CCCCC2)o1. The third kappa shape index (κ3) is 4.34. The van der Waals surface area contributed by atoms with Crippen molar-refractivity contribution in [2.75, 3.05) is 14.2 Å². The van der Waals surface area contributed by atoms with E-state index >= 15 is 0 Å². The van der Waals surface area contributed by atoms with Gasteiger partial charge in [0.25, 0.3) is 0 Å². The van der Waals surface area contributed by atoms with Crippen LogP contribution in [0.1, 0.15) is 56.0 Å². The van der Waals surface area contributed by atoms with Gasteiger partial charge in [-0.15, -0.1) is 0 Å². The highest BCUT2D eigenvalue weighted by Gasteiger charge is 2.32. The van der Waals surface area contributed by atoms with E-state index in [4.69, 9.17) is 13.9 Å². The molecule has 1 aromatic rings. The van der Waals surface area contributed by atoms with Gasteiger partial charge in [-0.25, -0.2) is 0 Å². The summed E-state index contributed by atoms with van der Waals surface area (Å²) in [5.41, 5.74) is -0.510. The van der Waals surface area contributed by atoms with Gasteiger partial charge >= 0.3 is 5.97 Å². The van der Waals surface area contributed by atoms with Gasteiger partial charge in [0.2, 0.25) is 11.2 Å². The predicted molar refractivity (Wildman–Crippen MR) is 83.3 cm³/mol. The Hall–Kier alpha value is -1.82. The number of esters is 1. The van der Waals surface area contributed by atoms with E-state index in [0.717, 1.165) is 25.7 Å². The lowest BCUT2D eigenvalue weighted by molar-refractivity contribution is -0.141. The minimum absolute atomic E-state index is 0.0914. The number of carbonyl (C=O) groups excluding carboxylic acids is 1. The Morgan fingerprint density at radius 3 is 2.65 bits per heavy atom. The Kier molecular flexibility index (Phi) is 6.21. The van der Waals surface area contributed by atoms with Crippen molar-refractivity contribution in [2.45, 2.75) is 51.0 Å². The molecule has 1 atom stereocenters. The number of aromatic hydroxyl groups is 1. The molecule has 1 aliphatic carbocycles. The molecule has 0 spiro atoms. The lowest BCUT2D eigenvalue weighted by atomic mass is 9.77. The molecule has 1 aliphatic rings. The molecule has 0 aliphatic heterocycles. The third-order valence-corrected chi connectivity index (χ3v) is 4.46. The standard InChI is InChI=1S/C17H24O6/c1-21-10-12-8-14(18)16(20)17(23-12)13(9-15(19)22-2)11-6-4-3-5-7-11/h8,11,13,20H,3-7,9-10H2,1-2H3. The average molecular weight is 324 g/mol. The van der Waals surface area contributed by atoms with Crippen molar-refractivity contribution in [1.29, 1.82) is 0 Å². The van der Waals surface area contributed by atoms with Gasteiger partial charge in [0.15, 0.2) is 5.76 Å². The van der Waals surface area contributed by atoms with Gasteiger partial charge < -0.3 is 19.0 Å². The van der Waals surface area contributed by atoms with Crippen LogP contribution in [0.15, 0.2) is 15.3 Å². The number of ether oxygens (including phenoxy) is 2. The Morgan fingerprint density at radius 1 is 1.35 bits per heavy atom. The number of hydrogen-bond donors (Lipinski definition) is 1. The van der Waals surface area contributed by atoms with E-state index < -0.39 is 11.2 Å². The Labute approximate surface area is 135 Å². The third-order valence-electron chi connectivity index (χ3n) is 4.46. The molecule has 0 aromatic carbocycles. The lowest BCUT2D eigenvalue weighted by Gasteiger charge is -2.29. The van der Waals surface area contributed by atoms with Crippen molar-refractivity contribution in [2.24, 2.45) is 5.92 Å². The second-order valence-corrected chi connectivity index (χ2v) is 6.01. The fraction of sp³-hybridized carbons (Fsp3) is 0.647. The van der Waals surface area contributed by atoms with Crippen molar-refractivity contribution < 1.29 is 23.8 Å². The first-order valence-electron chi connectivity index (χ1n) is 7.98. The van der Waals surface area contributed by atoms with Crippen LogP contribution in [-0.2, 0) is 20.9 Å². The monoisotopic (exact) mass is 324 g/mol. The van der Waals surface area contributed by atoms with Crippen molar-refractivity contribution in [3.8, 4) is 5.75 Å². The molecule has 1 heterocycles. The molecule has 6 nitrogen and oxygen atoms in total. The minimum atomic E-state index is -0.510. The molecular formula is C17H24O6. The smallest absolute Gasteiger partial charge is 0.306 e. The zero-order valence-corrected chi connectivity index (χ0v) is 13.7. The lowest BCUT2D eigenvalue weighted by Crippen LogP contribution is -2.22. The molecule has 0 bridgehead atoms. The molecule has 23 heavy (non-hydrogen) atoms. The van der Waals surface area contributed by atoms with E-state index in [1.807, 2.05) is 0 Å². The van der Waals surface area contributed by atoms with E-state index in [9.17, 15) is 14.7 Å². The molecule has 2 rings (SSSR count). The van der Waals surface area contributed by atoms with Gasteiger partial charge in [0.05, 0.1) is 13.5 Å². The molecule has 0 saturated heterocycles. The summed E-state index contributed by atoms with van der Waals surface area (Å²) in [6.45, 7) is 0.137. The maximum Gasteiger partial charge on any atom is 0.306 e. The van der Waals surface area contributed by atoms with E-state index in [1.54, 1.807) is 0 Å². The highest BCUT2D eigenvalue weighted by atomic mass is 16.5. The molecule has 0 amide bonds. The Bertz CT molecular complexity index is 585. The van der Waals surface area contributed by atoms with Crippen LogP contribution in [0.2, 0.25) is 0 Å². The second-order valence-electron chi connectivity index (χ2n) is 6.01. The molecule has 128 valence electrons.